The molecule has 2 heteroatoms. The van der Waals surface area contributed by atoms with E-state index in [2.05, 4.69) is 265 Å². The van der Waals surface area contributed by atoms with Crippen LogP contribution in [-0.4, -0.2) is 4.57 Å². The van der Waals surface area contributed by atoms with Gasteiger partial charge in [0.2, 0.25) is 0 Å². The van der Waals surface area contributed by atoms with E-state index in [9.17, 15) is 0 Å². The summed E-state index contributed by atoms with van der Waals surface area (Å²) >= 11 is 0. The quantitative estimate of drug-likeness (QED) is 0.0778. The number of benzene rings is 10. The summed E-state index contributed by atoms with van der Waals surface area (Å²) in [5, 5.41) is 2.51. The Kier molecular flexibility index (Phi) is 13.3. The highest BCUT2D eigenvalue weighted by Crippen LogP contribution is 2.56. The van der Waals surface area contributed by atoms with Gasteiger partial charge in [-0.1, -0.05) is 214 Å². The van der Waals surface area contributed by atoms with E-state index >= 15 is 0 Å². The molecule has 0 fully saturated rings. The van der Waals surface area contributed by atoms with Crippen molar-refractivity contribution in [3.05, 3.63) is 289 Å². The largest absolute Gasteiger partial charge is 0.310 e. The van der Waals surface area contributed by atoms with Gasteiger partial charge in [0.15, 0.2) is 0 Å². The standard InChI is InChI=1S/C73H62N2/c1-3-53-23-19-25-55(49-53)21-15-17-47-73(48-18-16-22-56-26-20-24-54(4-2)50-56)69-33-13-11-31-65(69)66-45-44-64(52-70(66)73)74(62-40-35-58(36-41-62)57-27-7-5-8-28-57)63-42-37-59(38-43-63)60-39-46-72-68(51-60)67-32-12-14-34-71(67)75(72)61-29-9-6-10-30-61/h3-14,19-20,23-46,49-52H,1-2,15-18,21-22,47-48H2. The minimum absolute atomic E-state index is 0.136. The fourth-order valence-electron chi connectivity index (χ4n) is 12.2. The molecule has 0 spiro atoms. The first-order valence-electron chi connectivity index (χ1n) is 26.9. The monoisotopic (exact) mass is 966 g/mol. The summed E-state index contributed by atoms with van der Waals surface area (Å²) in [7, 11) is 0. The van der Waals surface area contributed by atoms with Crippen LogP contribution in [-0.2, 0) is 18.3 Å². The molecule has 0 atom stereocenters. The van der Waals surface area contributed by atoms with Crippen molar-refractivity contribution < 1.29 is 0 Å². The molecule has 0 radical (unpaired) electrons. The first-order chi connectivity index (χ1) is 37.1. The molecule has 1 aliphatic rings. The number of hydrogen-bond donors (Lipinski definition) is 0. The highest BCUT2D eigenvalue weighted by molar-refractivity contribution is 6.10. The maximum absolute atomic E-state index is 4.04. The molecule has 12 rings (SSSR count). The highest BCUT2D eigenvalue weighted by Gasteiger charge is 2.42. The van der Waals surface area contributed by atoms with Crippen LogP contribution in [0.5, 0.6) is 0 Å². The minimum Gasteiger partial charge on any atom is -0.310 e. The summed E-state index contributed by atoms with van der Waals surface area (Å²) in [6.45, 7) is 8.09. The van der Waals surface area contributed by atoms with Crippen LogP contribution in [0, 0.1) is 0 Å². The summed E-state index contributed by atoms with van der Waals surface area (Å²) in [5.41, 5.74) is 22.5. The van der Waals surface area contributed by atoms with Gasteiger partial charge in [0.25, 0.3) is 0 Å². The maximum Gasteiger partial charge on any atom is 0.0541 e. The van der Waals surface area contributed by atoms with Gasteiger partial charge in [-0.3, -0.25) is 0 Å². The van der Waals surface area contributed by atoms with Gasteiger partial charge in [-0.15, -0.1) is 0 Å². The van der Waals surface area contributed by atoms with Gasteiger partial charge in [0.1, 0.15) is 0 Å². The molecule has 0 aliphatic heterocycles. The number of rotatable bonds is 18. The lowest BCUT2D eigenvalue weighted by atomic mass is 9.70. The van der Waals surface area contributed by atoms with E-state index < -0.39 is 0 Å². The Bertz CT molecular complexity index is 3740. The Labute approximate surface area is 443 Å². The smallest absolute Gasteiger partial charge is 0.0541 e. The van der Waals surface area contributed by atoms with Crippen molar-refractivity contribution in [2.45, 2.75) is 56.8 Å². The molecule has 10 aromatic carbocycles. The molecule has 0 amide bonds. The third-order valence-electron chi connectivity index (χ3n) is 15.9. The topological polar surface area (TPSA) is 8.17 Å². The summed E-state index contributed by atoms with van der Waals surface area (Å²) in [5.74, 6) is 0. The summed E-state index contributed by atoms with van der Waals surface area (Å²) in [6.07, 6.45) is 12.7. The van der Waals surface area contributed by atoms with Gasteiger partial charge in [0, 0.05) is 38.9 Å². The molecule has 0 saturated carbocycles. The summed E-state index contributed by atoms with van der Waals surface area (Å²) in [6, 6.07) is 89.9. The normalized spacial score (nSPS) is 12.4. The average molecular weight is 967 g/mol. The molecule has 1 heterocycles. The third-order valence-corrected chi connectivity index (χ3v) is 15.9. The van der Waals surface area contributed by atoms with E-state index in [1.165, 1.54) is 99.9 Å². The van der Waals surface area contributed by atoms with Crippen molar-refractivity contribution in [2.24, 2.45) is 0 Å². The van der Waals surface area contributed by atoms with Gasteiger partial charge >= 0.3 is 0 Å². The molecule has 0 saturated heterocycles. The predicted molar refractivity (Wildman–Crippen MR) is 321 cm³/mol. The van der Waals surface area contributed by atoms with Crippen LogP contribution in [0.3, 0.4) is 0 Å². The van der Waals surface area contributed by atoms with Crippen LogP contribution in [0.15, 0.2) is 256 Å². The molecule has 0 N–H and O–H groups in total. The zero-order chi connectivity index (χ0) is 50.6. The minimum atomic E-state index is -0.136. The summed E-state index contributed by atoms with van der Waals surface area (Å²) < 4.78 is 2.38. The summed E-state index contributed by atoms with van der Waals surface area (Å²) in [4.78, 5) is 2.47. The van der Waals surface area contributed by atoms with Crippen molar-refractivity contribution in [3.8, 4) is 39.1 Å². The van der Waals surface area contributed by atoms with E-state index in [0.717, 1.165) is 62.7 Å². The SMILES string of the molecule is C=Cc1cccc(CCCCC2(CCCCc3cccc(C=C)c3)c3ccccc3-c3ccc(N(c4ccc(-c5ccccc5)cc4)c4ccc(-c5ccc6c(c5)c5ccccc5n6-c5ccccc5)cc4)cc32)c1. The Hall–Kier alpha value is -8.72. The van der Waals surface area contributed by atoms with Crippen molar-refractivity contribution in [1.82, 2.24) is 4.57 Å². The van der Waals surface area contributed by atoms with Gasteiger partial charge in [0.05, 0.1) is 11.0 Å². The lowest BCUT2D eigenvalue weighted by Gasteiger charge is -2.34. The number of aromatic nitrogens is 1. The van der Waals surface area contributed by atoms with Crippen molar-refractivity contribution >= 4 is 51.0 Å². The van der Waals surface area contributed by atoms with E-state index in [0.29, 0.717) is 0 Å². The lowest BCUT2D eigenvalue weighted by molar-refractivity contribution is 0.407. The van der Waals surface area contributed by atoms with Crippen LogP contribution in [0.1, 0.15) is 71.9 Å². The number of nitrogens with zero attached hydrogens (tertiary/aromatic N) is 2. The molecule has 11 aromatic rings. The third kappa shape index (κ3) is 9.34. The van der Waals surface area contributed by atoms with Crippen LogP contribution in [0.2, 0.25) is 0 Å². The first kappa shape index (κ1) is 47.3. The second-order valence-electron chi connectivity index (χ2n) is 20.4. The molecule has 1 aromatic heterocycles. The lowest BCUT2D eigenvalue weighted by Crippen LogP contribution is -2.26. The van der Waals surface area contributed by atoms with Gasteiger partial charge in [-0.25, -0.2) is 0 Å². The maximum atomic E-state index is 4.04. The number of hydrogen-bond acceptors (Lipinski definition) is 1. The first-order valence-corrected chi connectivity index (χ1v) is 26.9. The van der Waals surface area contributed by atoms with E-state index in [4.69, 9.17) is 0 Å². The van der Waals surface area contributed by atoms with Crippen LogP contribution >= 0.6 is 0 Å². The molecule has 364 valence electrons. The van der Waals surface area contributed by atoms with E-state index in [1.54, 1.807) is 0 Å². The van der Waals surface area contributed by atoms with Crippen molar-refractivity contribution in [1.29, 1.82) is 0 Å². The van der Waals surface area contributed by atoms with E-state index in [1.807, 2.05) is 12.2 Å². The van der Waals surface area contributed by atoms with Crippen LogP contribution in [0.4, 0.5) is 17.1 Å². The molecular weight excluding hydrogens is 905 g/mol. The fourth-order valence-corrected chi connectivity index (χ4v) is 12.2. The van der Waals surface area contributed by atoms with Crippen LogP contribution < -0.4 is 4.90 Å². The Morgan fingerprint density at radius 1 is 0.373 bits per heavy atom. The fraction of sp³-hybridized carbons (Fsp3) is 0.123. The predicted octanol–water partition coefficient (Wildman–Crippen LogP) is 20.0. The number of aryl methyl sites for hydroxylation is 2. The Morgan fingerprint density at radius 2 is 0.893 bits per heavy atom. The molecule has 1 aliphatic carbocycles. The number of anilines is 3. The number of fused-ring (bicyclic) bond motifs is 6. The van der Waals surface area contributed by atoms with Gasteiger partial charge in [-0.2, -0.15) is 0 Å². The second-order valence-corrected chi connectivity index (χ2v) is 20.4. The Morgan fingerprint density at radius 3 is 1.55 bits per heavy atom. The molecule has 0 unspecified atom stereocenters. The number of para-hydroxylation sites is 2. The molecule has 2 nitrogen and oxygen atoms in total. The Balaban J connectivity index is 0.931. The van der Waals surface area contributed by atoms with Crippen molar-refractivity contribution in [2.75, 3.05) is 4.90 Å². The second kappa shape index (κ2) is 21.0. The average Bonchev–Trinajstić information content (AvgIpc) is 3.96. The zero-order valence-electron chi connectivity index (χ0n) is 42.7. The number of unbranched alkanes of at least 4 members (excludes halogenated alkanes) is 2. The van der Waals surface area contributed by atoms with E-state index in [-0.39, 0.29) is 5.41 Å². The van der Waals surface area contributed by atoms with Gasteiger partial charge in [-0.05, 0) is 172 Å². The van der Waals surface area contributed by atoms with Gasteiger partial charge < -0.3 is 9.47 Å². The van der Waals surface area contributed by atoms with Crippen molar-refractivity contribution in [3.63, 3.8) is 0 Å². The molecule has 75 heavy (non-hydrogen) atoms. The highest BCUT2D eigenvalue weighted by atomic mass is 15.1. The van der Waals surface area contributed by atoms with Crippen LogP contribution in [0.25, 0.3) is 73.0 Å². The zero-order valence-corrected chi connectivity index (χ0v) is 42.7. The molecule has 0 bridgehead atoms. The molecular formula is C73H62N2.